The number of ketones is 1. The highest BCUT2D eigenvalue weighted by molar-refractivity contribution is 6.46. The number of carboxylic acid groups (broad SMARTS) is 1. The lowest BCUT2D eigenvalue weighted by Crippen LogP contribution is -2.30. The first-order chi connectivity index (χ1) is 15.3. The third-order valence-corrected chi connectivity index (χ3v) is 5.63. The number of aliphatic hydroxyl groups is 1. The minimum atomic E-state index is -0.869. The number of aliphatic hydroxyl groups excluding tert-OH is 1. The summed E-state index contributed by atoms with van der Waals surface area (Å²) < 4.78 is 5.20. The van der Waals surface area contributed by atoms with E-state index in [9.17, 15) is 19.5 Å². The molecule has 1 atom stereocenters. The lowest BCUT2D eigenvalue weighted by molar-refractivity contribution is -0.140. The molecule has 0 radical (unpaired) electrons. The number of halogens is 1. The van der Waals surface area contributed by atoms with Crippen molar-refractivity contribution in [2.24, 2.45) is 0 Å². The molecule has 7 nitrogen and oxygen atoms in total. The fourth-order valence-electron chi connectivity index (χ4n) is 3.74. The molecule has 0 aliphatic carbocycles. The van der Waals surface area contributed by atoms with Gasteiger partial charge in [-0.15, -0.1) is 0 Å². The quantitative estimate of drug-likeness (QED) is 0.250. The third kappa shape index (κ3) is 5.11. The Morgan fingerprint density at radius 2 is 1.66 bits per heavy atom. The number of amides is 1. The van der Waals surface area contributed by atoms with Gasteiger partial charge in [-0.2, -0.15) is 0 Å². The Hall–Kier alpha value is -3.32. The number of nitrogens with zero attached hydrogens (tertiary/aromatic N) is 1. The monoisotopic (exact) mass is 457 g/mol. The number of likely N-dealkylation sites (tertiary alicyclic amines) is 1. The molecule has 2 aromatic rings. The largest absolute Gasteiger partial charge is 0.507 e. The van der Waals surface area contributed by atoms with Gasteiger partial charge in [0.05, 0.1) is 18.7 Å². The molecule has 2 N–H and O–H groups in total. The van der Waals surface area contributed by atoms with E-state index in [4.69, 9.17) is 21.4 Å². The molecule has 1 heterocycles. The lowest BCUT2D eigenvalue weighted by atomic mass is 9.95. The van der Waals surface area contributed by atoms with Crippen LogP contribution in [0, 0.1) is 0 Å². The number of hydrogen-bond acceptors (Lipinski definition) is 5. The molecule has 0 unspecified atom stereocenters. The summed E-state index contributed by atoms with van der Waals surface area (Å²) in [6.45, 7) is 0.262. The number of carbonyl (C=O) groups is 3. The van der Waals surface area contributed by atoms with E-state index in [1.165, 1.54) is 4.90 Å². The molecule has 0 spiro atoms. The Balaban J connectivity index is 1.97. The van der Waals surface area contributed by atoms with Gasteiger partial charge in [-0.1, -0.05) is 30.2 Å². The fourth-order valence-corrected chi connectivity index (χ4v) is 3.87. The van der Waals surface area contributed by atoms with Gasteiger partial charge in [0, 0.05) is 23.6 Å². The van der Waals surface area contributed by atoms with Gasteiger partial charge >= 0.3 is 5.97 Å². The van der Waals surface area contributed by atoms with Crippen LogP contribution in [0.3, 0.4) is 0 Å². The van der Waals surface area contributed by atoms with E-state index in [1.807, 2.05) is 0 Å². The average Bonchev–Trinajstić information content (AvgIpc) is 3.03. The van der Waals surface area contributed by atoms with Gasteiger partial charge in [0.1, 0.15) is 11.5 Å². The van der Waals surface area contributed by atoms with Crippen molar-refractivity contribution >= 4 is 35.0 Å². The molecule has 1 aliphatic heterocycles. The van der Waals surface area contributed by atoms with Crippen LogP contribution in [0.15, 0.2) is 54.1 Å². The summed E-state index contributed by atoms with van der Waals surface area (Å²) in [6, 6.07) is 12.6. The number of unbranched alkanes of at least 4 members (excludes halogenated alkanes) is 2. The zero-order valence-electron chi connectivity index (χ0n) is 17.6. The maximum absolute atomic E-state index is 12.9. The van der Waals surface area contributed by atoms with Crippen LogP contribution < -0.4 is 4.74 Å². The molecule has 0 saturated carbocycles. The van der Waals surface area contributed by atoms with E-state index in [0.29, 0.717) is 41.2 Å². The predicted octanol–water partition coefficient (Wildman–Crippen LogP) is 4.42. The van der Waals surface area contributed by atoms with Crippen molar-refractivity contribution in [3.8, 4) is 5.75 Å². The second-order valence-corrected chi connectivity index (χ2v) is 7.91. The third-order valence-electron chi connectivity index (χ3n) is 5.38. The number of hydrogen-bond donors (Lipinski definition) is 2. The molecule has 3 rings (SSSR count). The van der Waals surface area contributed by atoms with Crippen molar-refractivity contribution in [1.29, 1.82) is 0 Å². The maximum atomic E-state index is 12.9. The Kier molecular flexibility index (Phi) is 7.53. The molecule has 32 heavy (non-hydrogen) atoms. The van der Waals surface area contributed by atoms with Crippen LogP contribution in [0.1, 0.15) is 42.9 Å². The minimum Gasteiger partial charge on any atom is -0.507 e. The number of aliphatic carboxylic acids is 1. The first-order valence-corrected chi connectivity index (χ1v) is 10.6. The fraction of sp³-hybridized carbons (Fsp3) is 0.292. The summed E-state index contributed by atoms with van der Waals surface area (Å²) in [5.41, 5.74) is 1.05. The number of carbonyl (C=O) groups excluding carboxylic acids is 2. The van der Waals surface area contributed by atoms with E-state index >= 15 is 0 Å². The average molecular weight is 458 g/mol. The predicted molar refractivity (Wildman–Crippen MR) is 120 cm³/mol. The van der Waals surface area contributed by atoms with E-state index in [0.717, 1.165) is 0 Å². The zero-order chi connectivity index (χ0) is 23.3. The van der Waals surface area contributed by atoms with Crippen molar-refractivity contribution in [1.82, 2.24) is 4.90 Å². The normalized spacial score (nSPS) is 17.6. The summed E-state index contributed by atoms with van der Waals surface area (Å²) in [7, 11) is 1.54. The summed E-state index contributed by atoms with van der Waals surface area (Å²) in [5, 5.41) is 20.2. The van der Waals surface area contributed by atoms with Crippen LogP contribution in [0.5, 0.6) is 5.75 Å². The standard InChI is InChI=1S/C24H24ClNO6/c1-32-18-12-8-15(9-13-18)21-20(22(29)16-6-10-17(25)11-7-16)23(30)24(31)26(21)14-4-2-3-5-19(27)28/h6-13,21,29H,2-5,14H2,1H3,(H,27,28)/b22-20+/t21-/m1/s1. The number of methoxy groups -OCH3 is 1. The smallest absolute Gasteiger partial charge is 0.303 e. The molecule has 0 aromatic heterocycles. The van der Waals surface area contributed by atoms with Crippen LogP contribution in [0.4, 0.5) is 0 Å². The number of ether oxygens (including phenoxy) is 1. The summed E-state index contributed by atoms with van der Waals surface area (Å²) in [6.07, 6.45) is 1.67. The molecular weight excluding hydrogens is 434 g/mol. The maximum Gasteiger partial charge on any atom is 0.303 e. The first-order valence-electron chi connectivity index (χ1n) is 10.2. The Labute approximate surface area is 190 Å². The topological polar surface area (TPSA) is 104 Å². The van der Waals surface area contributed by atoms with Crippen molar-refractivity contribution in [3.63, 3.8) is 0 Å². The summed E-state index contributed by atoms with van der Waals surface area (Å²) in [4.78, 5) is 38.0. The van der Waals surface area contributed by atoms with Crippen LogP contribution in [0.25, 0.3) is 5.76 Å². The Morgan fingerprint density at radius 1 is 1.00 bits per heavy atom. The van der Waals surface area contributed by atoms with E-state index in [2.05, 4.69) is 0 Å². The number of Topliss-reactive ketones (excluding diaryl/α,β-unsaturated/α-hetero) is 1. The van der Waals surface area contributed by atoms with Crippen LogP contribution in [-0.2, 0) is 14.4 Å². The number of carboxylic acids is 1. The zero-order valence-corrected chi connectivity index (χ0v) is 18.3. The SMILES string of the molecule is COc1ccc([C@@H]2/C(=C(\O)c3ccc(Cl)cc3)C(=O)C(=O)N2CCCCCC(=O)O)cc1. The van der Waals surface area contributed by atoms with Crippen molar-refractivity contribution in [2.75, 3.05) is 13.7 Å². The van der Waals surface area contributed by atoms with Crippen molar-refractivity contribution in [3.05, 3.63) is 70.3 Å². The second-order valence-electron chi connectivity index (χ2n) is 7.48. The highest BCUT2D eigenvalue weighted by atomic mass is 35.5. The van der Waals surface area contributed by atoms with Gasteiger partial charge in [-0.25, -0.2) is 0 Å². The molecule has 0 bridgehead atoms. The van der Waals surface area contributed by atoms with E-state index in [-0.39, 0.29) is 24.3 Å². The summed E-state index contributed by atoms with van der Waals surface area (Å²) >= 11 is 5.93. The number of benzene rings is 2. The highest BCUT2D eigenvalue weighted by Crippen LogP contribution is 2.40. The van der Waals surface area contributed by atoms with Gasteiger partial charge < -0.3 is 19.8 Å². The van der Waals surface area contributed by atoms with Gasteiger partial charge in [0.25, 0.3) is 11.7 Å². The molecule has 1 saturated heterocycles. The lowest BCUT2D eigenvalue weighted by Gasteiger charge is -2.25. The molecule has 2 aromatic carbocycles. The molecule has 1 aliphatic rings. The van der Waals surface area contributed by atoms with Crippen LogP contribution in [0.2, 0.25) is 5.02 Å². The Morgan fingerprint density at radius 3 is 2.25 bits per heavy atom. The van der Waals surface area contributed by atoms with Gasteiger partial charge in [0.2, 0.25) is 0 Å². The molecule has 8 heteroatoms. The molecular formula is C24H24ClNO6. The first kappa shape index (κ1) is 23.3. The minimum absolute atomic E-state index is 0.00743. The molecule has 1 amide bonds. The highest BCUT2D eigenvalue weighted by Gasteiger charge is 2.45. The molecule has 1 fully saturated rings. The summed E-state index contributed by atoms with van der Waals surface area (Å²) in [5.74, 6) is -1.97. The number of rotatable bonds is 9. The van der Waals surface area contributed by atoms with Crippen LogP contribution in [-0.4, -0.2) is 46.4 Å². The van der Waals surface area contributed by atoms with Crippen molar-refractivity contribution in [2.45, 2.75) is 31.7 Å². The van der Waals surface area contributed by atoms with Crippen LogP contribution >= 0.6 is 11.6 Å². The molecule has 168 valence electrons. The van der Waals surface area contributed by atoms with E-state index < -0.39 is 23.7 Å². The van der Waals surface area contributed by atoms with E-state index in [1.54, 1.807) is 55.6 Å². The van der Waals surface area contributed by atoms with Gasteiger partial charge in [-0.05, 0) is 54.8 Å². The van der Waals surface area contributed by atoms with Gasteiger partial charge in [-0.3, -0.25) is 14.4 Å². The van der Waals surface area contributed by atoms with Crippen molar-refractivity contribution < 1.29 is 29.3 Å². The second kappa shape index (κ2) is 10.3. The van der Waals surface area contributed by atoms with Gasteiger partial charge in [0.15, 0.2) is 0 Å². The Bertz CT molecular complexity index is 1030.